The lowest BCUT2D eigenvalue weighted by Crippen LogP contribution is -2.07. The largest absolute Gasteiger partial charge is 0.394 e. The molecule has 7 nitrogen and oxygen atoms in total. The summed E-state index contributed by atoms with van der Waals surface area (Å²) in [5.74, 6) is 0.442. The first-order valence-electron chi connectivity index (χ1n) is 5.31. The summed E-state index contributed by atoms with van der Waals surface area (Å²) in [5.41, 5.74) is 7.11. The predicted molar refractivity (Wildman–Crippen MR) is 65.8 cm³/mol. The summed E-state index contributed by atoms with van der Waals surface area (Å²) in [6.45, 7) is 0.268. The highest BCUT2D eigenvalue weighted by Crippen LogP contribution is 2.22. The summed E-state index contributed by atoms with van der Waals surface area (Å²) < 4.78 is 1.48. The van der Waals surface area contributed by atoms with Crippen LogP contribution in [0.4, 0.5) is 11.5 Å². The number of anilines is 1. The molecule has 0 spiro atoms. The molecule has 0 unspecified atom stereocenters. The average molecular weight is 248 g/mol. The van der Waals surface area contributed by atoms with E-state index in [0.717, 1.165) is 5.56 Å². The Kier molecular flexibility index (Phi) is 3.24. The van der Waals surface area contributed by atoms with Crippen molar-refractivity contribution in [2.75, 3.05) is 12.3 Å². The molecular weight excluding hydrogens is 236 g/mol. The van der Waals surface area contributed by atoms with Crippen LogP contribution >= 0.6 is 0 Å². The minimum atomic E-state index is -0.456. The van der Waals surface area contributed by atoms with Crippen molar-refractivity contribution in [3.63, 3.8) is 0 Å². The SMILES string of the molecule is Nc1cc(-c2ccc([N+](=O)[O-])cc2)nn1CCO. The molecule has 94 valence electrons. The van der Waals surface area contributed by atoms with Gasteiger partial charge in [0.05, 0.1) is 23.8 Å². The number of aliphatic hydroxyl groups is 1. The van der Waals surface area contributed by atoms with Gasteiger partial charge < -0.3 is 10.8 Å². The summed E-state index contributed by atoms with van der Waals surface area (Å²) in [5, 5.41) is 23.6. The van der Waals surface area contributed by atoms with Gasteiger partial charge in [-0.05, 0) is 12.1 Å². The van der Waals surface area contributed by atoms with Crippen LogP contribution in [0.25, 0.3) is 11.3 Å². The molecule has 0 radical (unpaired) electrons. The van der Waals surface area contributed by atoms with Gasteiger partial charge in [-0.25, -0.2) is 4.68 Å². The molecule has 1 aromatic carbocycles. The number of benzene rings is 1. The first-order valence-corrected chi connectivity index (χ1v) is 5.31. The third-order valence-corrected chi connectivity index (χ3v) is 2.50. The smallest absolute Gasteiger partial charge is 0.269 e. The molecule has 2 aromatic rings. The maximum absolute atomic E-state index is 10.5. The molecule has 0 aliphatic rings. The molecule has 0 fully saturated rings. The molecule has 2 rings (SSSR count). The van der Waals surface area contributed by atoms with E-state index in [1.54, 1.807) is 18.2 Å². The van der Waals surface area contributed by atoms with Crippen LogP contribution < -0.4 is 5.73 Å². The Morgan fingerprint density at radius 2 is 2.06 bits per heavy atom. The van der Waals surface area contributed by atoms with E-state index in [2.05, 4.69) is 5.10 Å². The molecular formula is C11H12N4O3. The highest BCUT2D eigenvalue weighted by atomic mass is 16.6. The zero-order valence-corrected chi connectivity index (χ0v) is 9.48. The molecule has 3 N–H and O–H groups in total. The van der Waals surface area contributed by atoms with Crippen molar-refractivity contribution in [1.29, 1.82) is 0 Å². The Balaban J connectivity index is 2.31. The fraction of sp³-hybridized carbons (Fsp3) is 0.182. The third kappa shape index (κ3) is 2.30. The number of nitrogen functional groups attached to an aromatic ring is 1. The van der Waals surface area contributed by atoms with E-state index in [-0.39, 0.29) is 12.3 Å². The number of rotatable bonds is 4. The van der Waals surface area contributed by atoms with Crippen LogP contribution in [0.1, 0.15) is 0 Å². The number of non-ortho nitro benzene ring substituents is 1. The first-order chi connectivity index (χ1) is 8.61. The van der Waals surface area contributed by atoms with Gasteiger partial charge in [-0.15, -0.1) is 0 Å². The topological polar surface area (TPSA) is 107 Å². The standard InChI is InChI=1S/C11H12N4O3/c12-11-7-10(13-14(11)5-6-16)8-1-3-9(4-2-8)15(17)18/h1-4,7,16H,5-6,12H2. The highest BCUT2D eigenvalue weighted by Gasteiger charge is 2.09. The van der Waals surface area contributed by atoms with Crippen LogP contribution in [0.3, 0.4) is 0 Å². The lowest BCUT2D eigenvalue weighted by atomic mass is 10.1. The van der Waals surface area contributed by atoms with Gasteiger partial charge in [-0.1, -0.05) is 0 Å². The van der Waals surface area contributed by atoms with Gasteiger partial charge in [0, 0.05) is 23.8 Å². The number of hydrogen-bond acceptors (Lipinski definition) is 5. The van der Waals surface area contributed by atoms with E-state index >= 15 is 0 Å². The van der Waals surface area contributed by atoms with Crippen molar-refractivity contribution in [3.8, 4) is 11.3 Å². The van der Waals surface area contributed by atoms with Crippen LogP contribution in [0.5, 0.6) is 0 Å². The van der Waals surface area contributed by atoms with E-state index < -0.39 is 4.92 Å². The Bertz CT molecular complexity index is 562. The predicted octanol–water partition coefficient (Wildman–Crippen LogP) is 1.03. The molecule has 1 heterocycles. The second kappa shape index (κ2) is 4.84. The monoisotopic (exact) mass is 248 g/mol. The number of nitrogens with two attached hydrogens (primary N) is 1. The van der Waals surface area contributed by atoms with Crippen LogP contribution in [0, 0.1) is 10.1 Å². The minimum absolute atomic E-state index is 0.0292. The zero-order chi connectivity index (χ0) is 13.1. The maximum Gasteiger partial charge on any atom is 0.269 e. The third-order valence-electron chi connectivity index (χ3n) is 2.50. The normalized spacial score (nSPS) is 10.5. The molecule has 0 saturated carbocycles. The van der Waals surface area contributed by atoms with E-state index in [0.29, 0.717) is 18.1 Å². The van der Waals surface area contributed by atoms with Crippen LogP contribution in [0.2, 0.25) is 0 Å². The summed E-state index contributed by atoms with van der Waals surface area (Å²) in [7, 11) is 0. The summed E-state index contributed by atoms with van der Waals surface area (Å²) in [4.78, 5) is 10.1. The molecule has 0 aliphatic heterocycles. The van der Waals surface area contributed by atoms with E-state index in [9.17, 15) is 10.1 Å². The van der Waals surface area contributed by atoms with Gasteiger partial charge in [-0.3, -0.25) is 10.1 Å². The average Bonchev–Trinajstić information content (AvgIpc) is 2.72. The van der Waals surface area contributed by atoms with Crippen molar-refractivity contribution in [2.24, 2.45) is 0 Å². The molecule has 0 saturated heterocycles. The van der Waals surface area contributed by atoms with Crippen LogP contribution in [-0.4, -0.2) is 26.4 Å². The van der Waals surface area contributed by atoms with E-state index in [1.807, 2.05) is 0 Å². The number of nitro benzene ring substituents is 1. The van der Waals surface area contributed by atoms with Gasteiger partial charge in [0.25, 0.3) is 5.69 Å². The van der Waals surface area contributed by atoms with Crippen molar-refractivity contribution >= 4 is 11.5 Å². The Morgan fingerprint density at radius 1 is 1.39 bits per heavy atom. The fourth-order valence-corrected chi connectivity index (χ4v) is 1.60. The molecule has 0 bridgehead atoms. The number of aromatic nitrogens is 2. The summed E-state index contributed by atoms with van der Waals surface area (Å²) >= 11 is 0. The Hall–Kier alpha value is -2.41. The van der Waals surface area contributed by atoms with Gasteiger partial charge >= 0.3 is 0 Å². The summed E-state index contributed by atoms with van der Waals surface area (Å²) in [6, 6.07) is 7.72. The van der Waals surface area contributed by atoms with Crippen LogP contribution in [0.15, 0.2) is 30.3 Å². The van der Waals surface area contributed by atoms with Crippen molar-refractivity contribution in [1.82, 2.24) is 9.78 Å². The van der Waals surface area contributed by atoms with Crippen molar-refractivity contribution in [3.05, 3.63) is 40.4 Å². The van der Waals surface area contributed by atoms with Crippen LogP contribution in [-0.2, 0) is 6.54 Å². The summed E-state index contributed by atoms with van der Waals surface area (Å²) in [6.07, 6.45) is 0. The van der Waals surface area contributed by atoms with E-state index in [1.165, 1.54) is 16.8 Å². The van der Waals surface area contributed by atoms with Gasteiger partial charge in [0.1, 0.15) is 5.82 Å². The number of hydrogen-bond donors (Lipinski definition) is 2. The molecule has 0 amide bonds. The molecule has 1 aromatic heterocycles. The van der Waals surface area contributed by atoms with Crippen molar-refractivity contribution in [2.45, 2.75) is 6.54 Å². The molecule has 0 atom stereocenters. The van der Waals surface area contributed by atoms with Gasteiger partial charge in [0.15, 0.2) is 0 Å². The van der Waals surface area contributed by atoms with E-state index in [4.69, 9.17) is 10.8 Å². The Morgan fingerprint density at radius 3 is 2.61 bits per heavy atom. The lowest BCUT2D eigenvalue weighted by molar-refractivity contribution is -0.384. The van der Waals surface area contributed by atoms with Gasteiger partial charge in [0.2, 0.25) is 0 Å². The fourth-order valence-electron chi connectivity index (χ4n) is 1.60. The maximum atomic E-state index is 10.5. The highest BCUT2D eigenvalue weighted by molar-refractivity contribution is 5.63. The number of aliphatic hydroxyl groups excluding tert-OH is 1. The molecule has 0 aliphatic carbocycles. The second-order valence-electron chi connectivity index (χ2n) is 3.71. The molecule has 7 heteroatoms. The lowest BCUT2D eigenvalue weighted by Gasteiger charge is -1.99. The molecule has 18 heavy (non-hydrogen) atoms. The quantitative estimate of drug-likeness (QED) is 0.620. The zero-order valence-electron chi connectivity index (χ0n) is 9.48. The van der Waals surface area contributed by atoms with Crippen molar-refractivity contribution < 1.29 is 10.0 Å². The Labute approximate surface area is 103 Å². The van der Waals surface area contributed by atoms with Gasteiger partial charge in [-0.2, -0.15) is 5.10 Å². The first kappa shape index (κ1) is 12.1. The number of nitrogens with zero attached hydrogens (tertiary/aromatic N) is 3. The minimum Gasteiger partial charge on any atom is -0.394 e. The number of nitro groups is 1. The second-order valence-corrected chi connectivity index (χ2v) is 3.71.